The van der Waals surface area contributed by atoms with E-state index in [0.717, 1.165) is 141 Å². The number of Topliss-reactive ketones (excluding diaryl/α,β-unsaturated/α-hetero) is 2. The van der Waals surface area contributed by atoms with E-state index in [1.54, 1.807) is 40.1 Å². The lowest BCUT2D eigenvalue weighted by Gasteiger charge is -2.40. The second-order valence-electron chi connectivity index (χ2n) is 33.9. The third kappa shape index (κ3) is 19.5. The number of carbonyl (C=O) groups excluding carboxylic acids is 4. The minimum atomic E-state index is -0.946. The van der Waals surface area contributed by atoms with Gasteiger partial charge in [0.05, 0.1) is 29.0 Å². The van der Waals surface area contributed by atoms with Crippen LogP contribution in [-0.4, -0.2) is 93.5 Å². The van der Waals surface area contributed by atoms with Crippen molar-refractivity contribution in [3.63, 3.8) is 0 Å². The third-order valence-corrected chi connectivity index (χ3v) is 24.1. The highest BCUT2D eigenvalue weighted by atomic mass is 16.6. The van der Waals surface area contributed by atoms with Crippen LogP contribution in [0.5, 0.6) is 0 Å². The van der Waals surface area contributed by atoms with E-state index in [0.29, 0.717) is 98.8 Å². The molecule has 0 bridgehead atoms. The van der Waals surface area contributed by atoms with Crippen LogP contribution in [0.1, 0.15) is 146 Å². The number of hydrogen-bond donors (Lipinski definition) is 6. The Morgan fingerprint density at radius 2 is 1.08 bits per heavy atom. The van der Waals surface area contributed by atoms with Gasteiger partial charge in [0.25, 0.3) is 18.1 Å². The molecule has 2 aliphatic carbocycles. The van der Waals surface area contributed by atoms with Crippen molar-refractivity contribution in [3.05, 3.63) is 335 Å². The van der Waals surface area contributed by atoms with Crippen LogP contribution in [-0.2, 0) is 48.3 Å². The SMILES string of the molecule is C#COCc1ccc2c(c1)C1=C(C(=O)CC(C)(C)C1)C(c1ccc(C(=O)c3ccccc3)cc1)N2.C=[N+]=Nc1ccc(C2Nc3ccc4ccccc4c3C3=C2C(=O)CC(C)(C)C3)cc1[NH2+][O-].COC(=O)C1CCCN1c1ccc(CNc2ccc3ccccc3c2)cc1[N+](=O)[O-].O.O=C(O)C1CCCN1c1ccc(CNc2ccc3ccccc3c2)cc1[N+](=O)[O-]. The zero-order chi connectivity index (χ0) is 88.5. The molecule has 18 rings (SSSR count). The maximum absolute atomic E-state index is 13.5. The first-order chi connectivity index (χ1) is 60.9. The van der Waals surface area contributed by atoms with Gasteiger partial charge in [-0.3, -0.25) is 34.6 Å². The molecule has 2 saturated heterocycles. The van der Waals surface area contributed by atoms with Crippen molar-refractivity contribution >= 4 is 136 Å². The van der Waals surface area contributed by atoms with E-state index >= 15 is 0 Å². The molecule has 0 radical (unpaired) electrons. The molecule has 0 aromatic heterocycles. The number of rotatable bonds is 20. The van der Waals surface area contributed by atoms with E-state index in [1.165, 1.54) is 13.2 Å². The molecular weight excluding hydrogens is 1600 g/mol. The van der Waals surface area contributed by atoms with Crippen LogP contribution in [0.25, 0.3) is 43.5 Å². The van der Waals surface area contributed by atoms with E-state index in [9.17, 15) is 54.5 Å². The number of methoxy groups -OCH3 is 1. The van der Waals surface area contributed by atoms with Gasteiger partial charge in [0, 0.05) is 118 Å². The molecular formula is C102H98N11O14+. The summed E-state index contributed by atoms with van der Waals surface area (Å²) < 4.78 is 10.0. The van der Waals surface area contributed by atoms with Crippen molar-refractivity contribution in [2.24, 2.45) is 15.9 Å². The fraction of sp³-hybridized carbons (Fsp3) is 0.235. The first-order valence-corrected chi connectivity index (χ1v) is 42.0. The van der Waals surface area contributed by atoms with Gasteiger partial charge in [-0.2, -0.15) is 0 Å². The average molecular weight is 1700 g/mol. The number of nitro benzene ring substituents is 2. The number of fused-ring (bicyclic) bond motifs is 8. The smallest absolute Gasteiger partial charge is 0.328 e. The van der Waals surface area contributed by atoms with Crippen LogP contribution < -0.4 is 36.5 Å². The Bertz CT molecular complexity index is 6450. The monoisotopic (exact) mass is 1700 g/mol. The van der Waals surface area contributed by atoms with Crippen molar-refractivity contribution in [1.29, 1.82) is 0 Å². The van der Waals surface area contributed by atoms with Crippen molar-refractivity contribution in [1.82, 2.24) is 0 Å². The van der Waals surface area contributed by atoms with E-state index in [-0.39, 0.29) is 68.0 Å². The standard InChI is InChI=1S/C31H27NO3.C26H24N4O2.C23H23N3O4.C22H21N3O4.H2O/c1-4-35-19-20-10-15-26-24(16-20)25-17-31(2,3)18-27(33)28(25)29(32-26)21-11-13-23(14-12-21)30(34)22-8-6-5-7-9-22;1-26(2)13-18-23-17-7-5-4-6-15(17)8-11-20(23)28-25(24(18)22(31)14-26)16-9-10-19(29-27-3)21(12-16)30-32;1-30-23(27)21-7-4-12-25(21)20-11-8-16(13-22(20)26(28)29)15-24-19-10-9-17-5-2-3-6-18(17)14-19;26-22(27)20-6-3-11-24(20)19-10-7-15(12-21(19)25(28)29)14-23-18-9-8-16-4-1-2-5-17(16)13-18;/h1,5-16,29,32H,17-19H2,2-3H3;4-12,25H,3,13-14,30H2,1-2H3;2-3,5-6,8-11,13-14,21,24H,4,7,12,15H2,1H3;1-2,4-5,7-10,12-13,20,23H,3,6,11,14H2,(H,26,27);1H2/p+1. The van der Waals surface area contributed by atoms with E-state index < -0.39 is 23.0 Å². The summed E-state index contributed by atoms with van der Waals surface area (Å²) >= 11 is 0. The Labute approximate surface area is 734 Å². The predicted octanol–water partition coefficient (Wildman–Crippen LogP) is 19.3. The Balaban J connectivity index is 0.000000137. The number of carboxylic acid groups (broad SMARTS) is 1. The molecule has 25 heteroatoms. The molecule has 12 aromatic rings. The van der Waals surface area contributed by atoms with Gasteiger partial charge in [-0.15, -0.1) is 0 Å². The van der Waals surface area contributed by atoms with Gasteiger partial charge in [0.15, 0.2) is 23.0 Å². The van der Waals surface area contributed by atoms with E-state index in [2.05, 4.69) is 114 Å². The van der Waals surface area contributed by atoms with Crippen molar-refractivity contribution in [2.75, 3.05) is 51.3 Å². The van der Waals surface area contributed by atoms with Crippen LogP contribution >= 0.6 is 0 Å². The van der Waals surface area contributed by atoms with Crippen LogP contribution in [0.2, 0.25) is 0 Å². The summed E-state index contributed by atoms with van der Waals surface area (Å²) in [4.78, 5) is 92.8. The van der Waals surface area contributed by atoms with Crippen molar-refractivity contribution in [3.8, 4) is 12.5 Å². The molecule has 127 heavy (non-hydrogen) atoms. The second-order valence-corrected chi connectivity index (χ2v) is 33.9. The van der Waals surface area contributed by atoms with Gasteiger partial charge in [0.2, 0.25) is 5.69 Å². The summed E-state index contributed by atoms with van der Waals surface area (Å²) in [7, 11) is 1.34. The number of carboxylic acids is 1. The first kappa shape index (κ1) is 88.4. The lowest BCUT2D eigenvalue weighted by Crippen LogP contribution is -2.70. The lowest BCUT2D eigenvalue weighted by atomic mass is 9.68. The molecule has 0 saturated carbocycles. The first-order valence-electron chi connectivity index (χ1n) is 42.0. The number of esters is 1. The molecule has 12 aromatic carbocycles. The molecule has 0 spiro atoms. The van der Waals surface area contributed by atoms with Gasteiger partial charge in [-0.05, 0) is 181 Å². The maximum Gasteiger partial charge on any atom is 0.328 e. The average Bonchev–Trinajstić information content (AvgIpc) is 0.800. The van der Waals surface area contributed by atoms with Crippen LogP contribution in [0.15, 0.2) is 265 Å². The fourth-order valence-electron chi connectivity index (χ4n) is 18.1. The summed E-state index contributed by atoms with van der Waals surface area (Å²) in [5, 5.41) is 69.1. The van der Waals surface area contributed by atoms with Gasteiger partial charge in [0.1, 0.15) is 41.3 Å². The predicted molar refractivity (Wildman–Crippen MR) is 497 cm³/mol. The highest BCUT2D eigenvalue weighted by Gasteiger charge is 2.44. The Morgan fingerprint density at radius 3 is 1.65 bits per heavy atom. The zero-order valence-corrected chi connectivity index (χ0v) is 71.1. The number of nitrogens with zero attached hydrogens (tertiary/aromatic N) is 6. The number of benzene rings is 12. The number of ketones is 3. The zero-order valence-electron chi connectivity index (χ0n) is 71.1. The Kier molecular flexibility index (Phi) is 26.8. The molecule has 0 amide bonds. The number of terminal acetylenes is 1. The molecule has 9 N–H and O–H groups in total. The summed E-state index contributed by atoms with van der Waals surface area (Å²) in [5.74, 6) is -1.01. The topological polar surface area (TPSA) is 363 Å². The van der Waals surface area contributed by atoms with Crippen LogP contribution in [0.4, 0.5) is 56.9 Å². The third-order valence-electron chi connectivity index (χ3n) is 24.1. The summed E-state index contributed by atoms with van der Waals surface area (Å²) in [6, 6.07) is 77.6. The number of ether oxygens (including phenoxy) is 2. The number of allylic oxidation sites excluding steroid dienone is 2. The molecule has 25 nitrogen and oxygen atoms in total. The highest BCUT2D eigenvalue weighted by Crippen LogP contribution is 2.54. The van der Waals surface area contributed by atoms with Gasteiger partial charge in [-0.25, -0.2) is 9.59 Å². The molecule has 4 atom stereocenters. The highest BCUT2D eigenvalue weighted by molar-refractivity contribution is 6.14. The van der Waals surface area contributed by atoms with Gasteiger partial charge < -0.3 is 61.8 Å². The summed E-state index contributed by atoms with van der Waals surface area (Å²) in [6.07, 6.45) is 12.7. The summed E-state index contributed by atoms with van der Waals surface area (Å²) in [6.45, 7) is 14.3. The van der Waals surface area contributed by atoms with Gasteiger partial charge in [-0.1, -0.05) is 204 Å². The minimum absolute atomic E-state index is 0. The molecule has 4 unspecified atom stereocenters. The number of hydrogen-bond acceptors (Lipinski definition) is 19. The maximum atomic E-state index is 13.5. The molecule has 2 fully saturated rings. The molecule has 6 aliphatic rings. The Hall–Kier alpha value is -14.9. The van der Waals surface area contributed by atoms with Crippen LogP contribution in [0, 0.1) is 48.8 Å². The number of nitrogens with two attached hydrogens (primary N) is 1. The summed E-state index contributed by atoms with van der Waals surface area (Å²) in [5.41, 5.74) is 17.6. The number of quaternary nitrogens is 1. The number of aliphatic carboxylic acids is 1. The number of nitro groups is 2. The van der Waals surface area contributed by atoms with Crippen molar-refractivity contribution in [2.45, 2.75) is 123 Å². The van der Waals surface area contributed by atoms with E-state index in [1.807, 2.05) is 170 Å². The fourth-order valence-corrected chi connectivity index (χ4v) is 18.1. The van der Waals surface area contributed by atoms with E-state index in [4.69, 9.17) is 15.9 Å². The Morgan fingerprint density at radius 1 is 0.583 bits per heavy atom. The van der Waals surface area contributed by atoms with Crippen LogP contribution in [0.3, 0.4) is 0 Å². The second kappa shape index (κ2) is 38.5. The molecule has 4 heterocycles. The normalized spacial score (nSPS) is 17.2. The largest absolute Gasteiger partial charge is 0.630 e. The molecule has 644 valence electrons. The van der Waals surface area contributed by atoms with Gasteiger partial charge >= 0.3 is 11.9 Å². The number of anilines is 6. The quantitative estimate of drug-likeness (QED) is 0.00475. The lowest BCUT2D eigenvalue weighted by molar-refractivity contribution is -0.496. The number of nitrogens with one attached hydrogen (secondary N) is 4. The molecule has 4 aliphatic heterocycles. The number of carbonyl (C=O) groups is 5. The minimum Gasteiger partial charge on any atom is -0.630 e. The van der Waals surface area contributed by atoms with Crippen molar-refractivity contribution < 1.29 is 64.1 Å².